The zero-order valence-electron chi connectivity index (χ0n) is 11.8. The zero-order valence-corrected chi connectivity index (χ0v) is 11.8. The number of aromatic nitrogens is 2. The predicted molar refractivity (Wildman–Crippen MR) is 74.5 cm³/mol. The lowest BCUT2D eigenvalue weighted by Gasteiger charge is -2.26. The second kappa shape index (κ2) is 6.66. The van der Waals surface area contributed by atoms with Crippen LogP contribution >= 0.6 is 0 Å². The van der Waals surface area contributed by atoms with Gasteiger partial charge in [-0.2, -0.15) is 0 Å². The Kier molecular flexibility index (Phi) is 4.89. The molecule has 1 aliphatic carbocycles. The van der Waals surface area contributed by atoms with Crippen molar-refractivity contribution >= 4 is 11.7 Å². The molecule has 1 aliphatic rings. The van der Waals surface area contributed by atoms with E-state index in [0.717, 1.165) is 25.7 Å². The van der Waals surface area contributed by atoms with Gasteiger partial charge >= 0.3 is 5.82 Å². The van der Waals surface area contributed by atoms with Crippen LogP contribution in [0.25, 0.3) is 0 Å². The number of nitro groups is 1. The molecule has 116 valence electrons. The Bertz CT molecular complexity index is 508. The lowest BCUT2D eigenvalue weighted by atomic mass is 9.87. The van der Waals surface area contributed by atoms with Gasteiger partial charge in [0.05, 0.1) is 6.61 Å². The average molecular weight is 296 g/mol. The van der Waals surface area contributed by atoms with Crippen LogP contribution in [0.4, 0.5) is 5.82 Å². The second-order valence-corrected chi connectivity index (χ2v) is 5.62. The number of carbonyl (C=O) groups is 1. The van der Waals surface area contributed by atoms with Crippen LogP contribution in [0.5, 0.6) is 0 Å². The topological polar surface area (TPSA) is 110 Å². The largest absolute Gasteiger partial charge is 0.396 e. The molecule has 0 unspecified atom stereocenters. The molecule has 8 heteroatoms. The van der Waals surface area contributed by atoms with E-state index >= 15 is 0 Å². The lowest BCUT2D eigenvalue weighted by Crippen LogP contribution is -2.38. The van der Waals surface area contributed by atoms with Crippen LogP contribution in [0.2, 0.25) is 0 Å². The zero-order chi connectivity index (χ0) is 15.3. The summed E-state index contributed by atoms with van der Waals surface area (Å²) in [4.78, 5) is 25.4. The van der Waals surface area contributed by atoms with Crippen molar-refractivity contribution in [2.75, 3.05) is 13.2 Å². The molecule has 0 radical (unpaired) electrons. The van der Waals surface area contributed by atoms with Gasteiger partial charge in [0.25, 0.3) is 0 Å². The van der Waals surface area contributed by atoms with E-state index in [0.29, 0.717) is 13.1 Å². The fourth-order valence-corrected chi connectivity index (χ4v) is 2.69. The van der Waals surface area contributed by atoms with Gasteiger partial charge in [0.1, 0.15) is 6.20 Å². The number of nitrogens with one attached hydrogen (secondary N) is 1. The molecular formula is C13H20N4O4. The molecule has 0 spiro atoms. The number of hydrogen-bond acceptors (Lipinski definition) is 5. The number of aliphatic hydroxyl groups excluding tert-OH is 1. The lowest BCUT2D eigenvalue weighted by molar-refractivity contribution is -0.389. The Labute approximate surface area is 122 Å². The number of aryl methyl sites for hydroxylation is 1. The van der Waals surface area contributed by atoms with Gasteiger partial charge in [-0.3, -0.25) is 4.79 Å². The SMILES string of the molecule is O=C(CCn1cnc([N+](=O)[O-])c1)NCC1(CO)CCCC1. The molecule has 0 aliphatic heterocycles. The first-order chi connectivity index (χ1) is 10.0. The molecule has 1 heterocycles. The number of hydrogen-bond donors (Lipinski definition) is 2. The van der Waals surface area contributed by atoms with Gasteiger partial charge in [0, 0.05) is 24.9 Å². The normalized spacial score (nSPS) is 16.8. The maximum atomic E-state index is 11.8. The van der Waals surface area contributed by atoms with Crippen LogP contribution in [0, 0.1) is 15.5 Å². The van der Waals surface area contributed by atoms with E-state index in [9.17, 15) is 20.0 Å². The third-order valence-electron chi connectivity index (χ3n) is 4.06. The van der Waals surface area contributed by atoms with E-state index in [1.165, 1.54) is 17.1 Å². The maximum absolute atomic E-state index is 11.8. The van der Waals surface area contributed by atoms with Crippen molar-refractivity contribution in [3.63, 3.8) is 0 Å². The first kappa shape index (κ1) is 15.4. The van der Waals surface area contributed by atoms with Crippen LogP contribution in [0.15, 0.2) is 12.5 Å². The quantitative estimate of drug-likeness (QED) is 0.572. The van der Waals surface area contributed by atoms with E-state index in [4.69, 9.17) is 0 Å². The minimum absolute atomic E-state index is 0.0982. The van der Waals surface area contributed by atoms with Gasteiger partial charge in [-0.1, -0.05) is 12.8 Å². The summed E-state index contributed by atoms with van der Waals surface area (Å²) < 4.78 is 1.52. The molecule has 1 saturated carbocycles. The van der Waals surface area contributed by atoms with Crippen LogP contribution < -0.4 is 5.32 Å². The minimum Gasteiger partial charge on any atom is -0.396 e. The molecule has 1 aromatic rings. The highest BCUT2D eigenvalue weighted by molar-refractivity contribution is 5.75. The minimum atomic E-state index is -0.568. The summed E-state index contributed by atoms with van der Waals surface area (Å²) in [7, 11) is 0. The van der Waals surface area contributed by atoms with Crippen molar-refractivity contribution in [2.45, 2.75) is 38.6 Å². The summed E-state index contributed by atoms with van der Waals surface area (Å²) in [5.41, 5.74) is -0.163. The Morgan fingerprint density at radius 1 is 1.52 bits per heavy atom. The maximum Gasteiger partial charge on any atom is 0.381 e. The fourth-order valence-electron chi connectivity index (χ4n) is 2.69. The second-order valence-electron chi connectivity index (χ2n) is 5.62. The highest BCUT2D eigenvalue weighted by Crippen LogP contribution is 2.36. The van der Waals surface area contributed by atoms with Crippen molar-refractivity contribution in [1.29, 1.82) is 0 Å². The molecule has 21 heavy (non-hydrogen) atoms. The molecule has 2 rings (SSSR count). The van der Waals surface area contributed by atoms with Crippen molar-refractivity contribution in [3.8, 4) is 0 Å². The highest BCUT2D eigenvalue weighted by Gasteiger charge is 2.33. The molecule has 0 aromatic carbocycles. The molecule has 2 N–H and O–H groups in total. The fraction of sp³-hybridized carbons (Fsp3) is 0.692. The van der Waals surface area contributed by atoms with Gasteiger partial charge in [-0.25, -0.2) is 0 Å². The summed E-state index contributed by atoms with van der Waals surface area (Å²) in [6.45, 7) is 0.937. The van der Waals surface area contributed by atoms with E-state index < -0.39 is 4.92 Å². The summed E-state index contributed by atoms with van der Waals surface area (Å²) in [5, 5.41) is 22.8. The van der Waals surface area contributed by atoms with E-state index in [1.54, 1.807) is 0 Å². The summed E-state index contributed by atoms with van der Waals surface area (Å²) >= 11 is 0. The Morgan fingerprint density at radius 3 is 2.81 bits per heavy atom. The average Bonchev–Trinajstić information content (AvgIpc) is 3.12. The highest BCUT2D eigenvalue weighted by atomic mass is 16.6. The third-order valence-corrected chi connectivity index (χ3v) is 4.06. The van der Waals surface area contributed by atoms with E-state index in [2.05, 4.69) is 10.3 Å². The molecule has 8 nitrogen and oxygen atoms in total. The first-order valence-electron chi connectivity index (χ1n) is 7.08. The van der Waals surface area contributed by atoms with Crippen molar-refractivity contribution in [1.82, 2.24) is 14.9 Å². The van der Waals surface area contributed by atoms with Gasteiger partial charge in [-0.05, 0) is 22.7 Å². The molecule has 1 amide bonds. The molecule has 0 atom stereocenters. The molecular weight excluding hydrogens is 276 g/mol. The van der Waals surface area contributed by atoms with Crippen LogP contribution in [-0.2, 0) is 11.3 Å². The summed E-state index contributed by atoms with van der Waals surface area (Å²) in [6.07, 6.45) is 6.95. The summed E-state index contributed by atoms with van der Waals surface area (Å²) in [5.74, 6) is -0.341. The number of aliphatic hydroxyl groups is 1. The van der Waals surface area contributed by atoms with Gasteiger partial charge in [0.2, 0.25) is 12.2 Å². The van der Waals surface area contributed by atoms with E-state index in [1.807, 2.05) is 0 Å². The Morgan fingerprint density at radius 2 is 2.24 bits per heavy atom. The van der Waals surface area contributed by atoms with E-state index in [-0.39, 0.29) is 30.2 Å². The Balaban J connectivity index is 1.75. The molecule has 1 aromatic heterocycles. The monoisotopic (exact) mass is 296 g/mol. The van der Waals surface area contributed by atoms with Gasteiger partial charge < -0.3 is 25.1 Å². The number of imidazole rings is 1. The Hall–Kier alpha value is -1.96. The van der Waals surface area contributed by atoms with Crippen LogP contribution in [0.3, 0.4) is 0 Å². The number of amides is 1. The van der Waals surface area contributed by atoms with Crippen molar-refractivity contribution < 1.29 is 14.8 Å². The predicted octanol–water partition coefficient (Wildman–Crippen LogP) is 0.850. The molecule has 1 fully saturated rings. The standard InChI is InChI=1S/C13H20N4O4/c18-9-13(4-1-2-5-13)8-14-12(19)3-6-16-7-11(15-10-16)17(20)21/h7,10,18H,1-6,8-9H2,(H,14,19). The van der Waals surface area contributed by atoms with Crippen molar-refractivity contribution in [3.05, 3.63) is 22.6 Å². The number of nitrogens with zero attached hydrogens (tertiary/aromatic N) is 3. The molecule has 0 bridgehead atoms. The van der Waals surface area contributed by atoms with Crippen molar-refractivity contribution in [2.24, 2.45) is 5.41 Å². The summed E-state index contributed by atoms with van der Waals surface area (Å²) in [6, 6.07) is 0. The number of carbonyl (C=O) groups excluding carboxylic acids is 1. The van der Waals surface area contributed by atoms with Crippen LogP contribution in [-0.4, -0.2) is 38.6 Å². The first-order valence-corrected chi connectivity index (χ1v) is 7.08. The van der Waals surface area contributed by atoms with Gasteiger partial charge in [0.15, 0.2) is 0 Å². The smallest absolute Gasteiger partial charge is 0.381 e. The third kappa shape index (κ3) is 4.01. The molecule has 0 saturated heterocycles. The number of rotatable bonds is 7. The van der Waals surface area contributed by atoms with Gasteiger partial charge in [-0.15, -0.1) is 0 Å². The van der Waals surface area contributed by atoms with Crippen LogP contribution in [0.1, 0.15) is 32.1 Å².